The molecular formula is C41H59N9. The Hall–Kier alpha value is -3.53. The summed E-state index contributed by atoms with van der Waals surface area (Å²) >= 11 is 0. The SMILES string of the molecule is NC1CCC(Nc2nc(NC3CCN(CCN(CCCc4ccccc4)CCCc4ccccc4)CC3)c3ncn(C4CCCC4)c3n2)CC1. The summed E-state index contributed by atoms with van der Waals surface area (Å²) in [4.78, 5) is 20.4. The Labute approximate surface area is 299 Å². The number of rotatable bonds is 16. The van der Waals surface area contributed by atoms with Crippen LogP contribution in [0.25, 0.3) is 11.2 Å². The van der Waals surface area contributed by atoms with Crippen molar-refractivity contribution in [2.45, 2.75) is 114 Å². The van der Waals surface area contributed by atoms with Gasteiger partial charge in [-0.05, 0) is 101 Å². The summed E-state index contributed by atoms with van der Waals surface area (Å²) in [6, 6.07) is 23.5. The van der Waals surface area contributed by atoms with E-state index < -0.39 is 0 Å². The van der Waals surface area contributed by atoms with E-state index in [9.17, 15) is 0 Å². The van der Waals surface area contributed by atoms with Crippen molar-refractivity contribution in [1.82, 2.24) is 29.3 Å². The van der Waals surface area contributed by atoms with Crippen molar-refractivity contribution in [3.63, 3.8) is 0 Å². The van der Waals surface area contributed by atoms with E-state index in [-0.39, 0.29) is 0 Å². The van der Waals surface area contributed by atoms with E-state index in [0.717, 1.165) is 114 Å². The predicted molar refractivity (Wildman–Crippen MR) is 206 cm³/mol. The van der Waals surface area contributed by atoms with E-state index in [4.69, 9.17) is 20.7 Å². The first-order valence-electron chi connectivity index (χ1n) is 19.7. The minimum absolute atomic E-state index is 0.325. The van der Waals surface area contributed by atoms with Gasteiger partial charge in [-0.15, -0.1) is 0 Å². The van der Waals surface area contributed by atoms with Gasteiger partial charge in [-0.2, -0.15) is 9.97 Å². The monoisotopic (exact) mass is 677 g/mol. The minimum atomic E-state index is 0.325. The van der Waals surface area contributed by atoms with Gasteiger partial charge in [-0.1, -0.05) is 73.5 Å². The second-order valence-corrected chi connectivity index (χ2v) is 15.2. The molecule has 0 atom stereocenters. The first-order chi connectivity index (χ1) is 24.7. The molecule has 7 rings (SSSR count). The average molecular weight is 678 g/mol. The van der Waals surface area contributed by atoms with Crippen LogP contribution in [0, 0.1) is 0 Å². The van der Waals surface area contributed by atoms with Crippen LogP contribution in [0.3, 0.4) is 0 Å². The Bertz CT molecular complexity index is 1520. The zero-order valence-corrected chi connectivity index (χ0v) is 30.1. The summed E-state index contributed by atoms with van der Waals surface area (Å²) in [5, 5.41) is 7.55. The van der Waals surface area contributed by atoms with Crippen LogP contribution in [0.5, 0.6) is 0 Å². The fraction of sp³-hybridized carbons (Fsp3) is 0.585. The number of benzene rings is 2. The summed E-state index contributed by atoms with van der Waals surface area (Å²) < 4.78 is 2.32. The lowest BCUT2D eigenvalue weighted by molar-refractivity contribution is 0.174. The lowest BCUT2D eigenvalue weighted by Crippen LogP contribution is -2.43. The molecule has 0 spiro atoms. The fourth-order valence-corrected chi connectivity index (χ4v) is 8.39. The summed E-state index contributed by atoms with van der Waals surface area (Å²) in [7, 11) is 0. The van der Waals surface area contributed by atoms with Crippen LogP contribution in [0.4, 0.5) is 11.8 Å². The number of imidazole rings is 1. The third-order valence-electron chi connectivity index (χ3n) is 11.5. The maximum Gasteiger partial charge on any atom is 0.227 e. The van der Waals surface area contributed by atoms with Gasteiger partial charge in [0.1, 0.15) is 0 Å². The van der Waals surface area contributed by atoms with Crippen molar-refractivity contribution < 1.29 is 0 Å². The number of nitrogens with zero attached hydrogens (tertiary/aromatic N) is 6. The largest absolute Gasteiger partial charge is 0.365 e. The number of fused-ring (bicyclic) bond motifs is 1. The Kier molecular flexibility index (Phi) is 12.3. The maximum absolute atomic E-state index is 6.20. The molecule has 3 heterocycles. The lowest BCUT2D eigenvalue weighted by Gasteiger charge is -2.34. The van der Waals surface area contributed by atoms with E-state index in [1.165, 1.54) is 49.7 Å². The first-order valence-corrected chi connectivity index (χ1v) is 19.7. The second-order valence-electron chi connectivity index (χ2n) is 15.2. The highest BCUT2D eigenvalue weighted by Gasteiger charge is 2.26. The molecule has 1 aliphatic heterocycles. The molecule has 3 fully saturated rings. The molecule has 2 aliphatic carbocycles. The molecule has 4 aromatic rings. The average Bonchev–Trinajstić information content (AvgIpc) is 3.84. The van der Waals surface area contributed by atoms with Crippen molar-refractivity contribution in [3.05, 3.63) is 78.1 Å². The van der Waals surface area contributed by atoms with Crippen LogP contribution in [0.15, 0.2) is 67.0 Å². The molecule has 3 aliphatic rings. The number of piperidine rings is 1. The van der Waals surface area contributed by atoms with Crippen LogP contribution >= 0.6 is 0 Å². The van der Waals surface area contributed by atoms with Gasteiger partial charge in [-0.25, -0.2) is 4.98 Å². The number of aryl methyl sites for hydroxylation is 2. The highest BCUT2D eigenvalue weighted by Crippen LogP contribution is 2.34. The van der Waals surface area contributed by atoms with Crippen molar-refractivity contribution in [1.29, 1.82) is 0 Å². The standard InChI is InChI=1S/C41H59N9/c42-34-19-21-35(22-20-34)45-41-46-39(38-40(47-41)50(31-43-38)37-17-7-8-18-37)44-36-23-27-49(28-24-36)30-29-48(25-9-15-32-11-3-1-4-12-32)26-10-16-33-13-5-2-6-14-33/h1-6,11-14,31,34-37H,7-10,15-30,42H2,(H2,44,45,46,47). The van der Waals surface area contributed by atoms with Gasteiger partial charge in [0.05, 0.1) is 6.33 Å². The zero-order valence-electron chi connectivity index (χ0n) is 30.1. The fourth-order valence-electron chi connectivity index (χ4n) is 8.39. The highest BCUT2D eigenvalue weighted by molar-refractivity contribution is 5.84. The van der Waals surface area contributed by atoms with E-state index >= 15 is 0 Å². The molecule has 0 unspecified atom stereocenters. The zero-order chi connectivity index (χ0) is 34.0. The number of anilines is 2. The molecule has 2 saturated carbocycles. The first kappa shape index (κ1) is 34.9. The van der Waals surface area contributed by atoms with Gasteiger partial charge in [0.25, 0.3) is 0 Å². The topological polar surface area (TPSA) is 100 Å². The lowest BCUT2D eigenvalue weighted by atomic mass is 9.92. The minimum Gasteiger partial charge on any atom is -0.365 e. The molecule has 0 radical (unpaired) electrons. The van der Waals surface area contributed by atoms with E-state index in [0.29, 0.717) is 24.2 Å². The number of hydrogen-bond acceptors (Lipinski definition) is 8. The number of hydrogen-bond donors (Lipinski definition) is 3. The Morgan fingerprint density at radius 3 is 1.96 bits per heavy atom. The van der Waals surface area contributed by atoms with Gasteiger partial charge in [0.2, 0.25) is 5.95 Å². The van der Waals surface area contributed by atoms with Gasteiger partial charge >= 0.3 is 0 Å². The van der Waals surface area contributed by atoms with Gasteiger partial charge in [0.15, 0.2) is 17.0 Å². The van der Waals surface area contributed by atoms with Crippen LogP contribution in [-0.4, -0.2) is 86.7 Å². The van der Waals surface area contributed by atoms with E-state index in [2.05, 4.69) is 85.7 Å². The third kappa shape index (κ3) is 9.62. The molecule has 4 N–H and O–H groups in total. The molecule has 268 valence electrons. The van der Waals surface area contributed by atoms with Crippen molar-refractivity contribution in [3.8, 4) is 0 Å². The molecule has 2 aromatic heterocycles. The number of nitrogens with one attached hydrogen (secondary N) is 2. The number of aromatic nitrogens is 4. The normalized spacial score (nSPS) is 20.9. The van der Waals surface area contributed by atoms with Crippen LogP contribution in [0.2, 0.25) is 0 Å². The smallest absolute Gasteiger partial charge is 0.227 e. The van der Waals surface area contributed by atoms with E-state index in [1.54, 1.807) is 0 Å². The van der Waals surface area contributed by atoms with Crippen molar-refractivity contribution in [2.75, 3.05) is 49.9 Å². The molecule has 0 bridgehead atoms. The molecular weight excluding hydrogens is 619 g/mol. The number of likely N-dealkylation sites (tertiary alicyclic amines) is 1. The molecule has 9 heteroatoms. The summed E-state index contributed by atoms with van der Waals surface area (Å²) in [5.74, 6) is 1.63. The molecule has 0 amide bonds. The van der Waals surface area contributed by atoms with Crippen molar-refractivity contribution >= 4 is 22.9 Å². The summed E-state index contributed by atoms with van der Waals surface area (Å²) in [6.07, 6.45) is 18.2. The molecule has 50 heavy (non-hydrogen) atoms. The maximum atomic E-state index is 6.20. The second kappa shape index (κ2) is 17.6. The quantitative estimate of drug-likeness (QED) is 0.116. The summed E-state index contributed by atoms with van der Waals surface area (Å²) in [6.45, 7) is 6.79. The predicted octanol–water partition coefficient (Wildman–Crippen LogP) is 7.07. The Morgan fingerprint density at radius 2 is 1.32 bits per heavy atom. The van der Waals surface area contributed by atoms with Gasteiger partial charge < -0.3 is 30.7 Å². The molecule has 2 aromatic carbocycles. The summed E-state index contributed by atoms with van der Waals surface area (Å²) in [5.41, 5.74) is 11.0. The highest BCUT2D eigenvalue weighted by atomic mass is 15.2. The van der Waals surface area contributed by atoms with Crippen LogP contribution in [0.1, 0.15) is 94.2 Å². The molecule has 1 saturated heterocycles. The van der Waals surface area contributed by atoms with Gasteiger partial charge in [0, 0.05) is 50.3 Å². The van der Waals surface area contributed by atoms with E-state index in [1.807, 2.05) is 6.33 Å². The van der Waals surface area contributed by atoms with Crippen molar-refractivity contribution in [2.24, 2.45) is 5.73 Å². The van der Waals surface area contributed by atoms with Crippen LogP contribution < -0.4 is 16.4 Å². The third-order valence-corrected chi connectivity index (χ3v) is 11.5. The Balaban J connectivity index is 0.943. The van der Waals surface area contributed by atoms with Gasteiger partial charge in [-0.3, -0.25) is 0 Å². The molecule has 9 nitrogen and oxygen atoms in total. The van der Waals surface area contributed by atoms with Crippen LogP contribution in [-0.2, 0) is 12.8 Å². The Morgan fingerprint density at radius 1 is 0.700 bits per heavy atom. The number of nitrogens with two attached hydrogens (primary N) is 1.